The predicted molar refractivity (Wildman–Crippen MR) is 104 cm³/mol. The summed E-state index contributed by atoms with van der Waals surface area (Å²) < 4.78 is 0. The van der Waals surface area contributed by atoms with Crippen LogP contribution in [0, 0.1) is 0 Å². The fourth-order valence-corrected chi connectivity index (χ4v) is 3.71. The minimum absolute atomic E-state index is 0.125. The lowest BCUT2D eigenvalue weighted by molar-refractivity contribution is -0.122. The van der Waals surface area contributed by atoms with E-state index in [2.05, 4.69) is 5.32 Å². The van der Waals surface area contributed by atoms with Crippen molar-refractivity contribution in [2.45, 2.75) is 51.6 Å². The van der Waals surface area contributed by atoms with Gasteiger partial charge in [-0.15, -0.1) is 0 Å². The first-order chi connectivity index (χ1) is 12.1. The van der Waals surface area contributed by atoms with E-state index in [1.807, 2.05) is 12.3 Å². The number of aryl methyl sites for hydroxylation is 1. The molecule has 0 fully saturated rings. The maximum atomic E-state index is 12.9. The van der Waals surface area contributed by atoms with Gasteiger partial charge in [0.1, 0.15) is 6.04 Å². The summed E-state index contributed by atoms with van der Waals surface area (Å²) in [7, 11) is 0. The van der Waals surface area contributed by atoms with Gasteiger partial charge in [-0.25, -0.2) is 4.79 Å². The van der Waals surface area contributed by atoms with Gasteiger partial charge in [0.2, 0.25) is 5.91 Å². The lowest BCUT2D eigenvalue weighted by Gasteiger charge is -2.38. The molecule has 2 N–H and O–H groups in total. The highest BCUT2D eigenvalue weighted by Gasteiger charge is 2.37. The first-order valence-corrected chi connectivity index (χ1v) is 10.0. The van der Waals surface area contributed by atoms with Crippen LogP contribution in [0.2, 0.25) is 0 Å². The molecule has 0 bridgehead atoms. The third-order valence-electron chi connectivity index (χ3n) is 4.43. The van der Waals surface area contributed by atoms with Crippen LogP contribution in [0.25, 0.3) is 0 Å². The summed E-state index contributed by atoms with van der Waals surface area (Å²) in [5.74, 6) is 0.456. The summed E-state index contributed by atoms with van der Waals surface area (Å²) in [6.45, 7) is 5.34. The topological polar surface area (TPSA) is 86.7 Å². The maximum absolute atomic E-state index is 12.9. The number of hydrogen-bond acceptors (Lipinski definition) is 4. The van der Waals surface area contributed by atoms with Crippen LogP contribution in [0.4, 0.5) is 10.5 Å². The standard InChI is InChI=1S/C19H26N2O4S/c1-19(2,3)21(18(24)25)15(9-10-26-4)17(23)20-13-6-7-14-12(11-13)5-8-16(14)22/h6-7,11,15H,5,8-10H2,1-4H3,(H,20,23)(H,24,25)/t15-/m0/s1. The molecule has 2 rings (SSSR count). The first kappa shape index (κ1) is 20.3. The van der Waals surface area contributed by atoms with E-state index < -0.39 is 17.7 Å². The van der Waals surface area contributed by atoms with Gasteiger partial charge < -0.3 is 10.4 Å². The zero-order chi connectivity index (χ0) is 19.5. The Morgan fingerprint density at radius 3 is 2.58 bits per heavy atom. The third-order valence-corrected chi connectivity index (χ3v) is 5.08. The van der Waals surface area contributed by atoms with Crippen LogP contribution in [-0.4, -0.2) is 51.4 Å². The number of carbonyl (C=O) groups is 3. The smallest absolute Gasteiger partial charge is 0.408 e. The summed E-state index contributed by atoms with van der Waals surface area (Å²) >= 11 is 1.57. The van der Waals surface area contributed by atoms with Gasteiger partial charge in [-0.1, -0.05) is 0 Å². The molecule has 2 amide bonds. The number of rotatable bonds is 6. The largest absolute Gasteiger partial charge is 0.465 e. The number of carbonyl (C=O) groups excluding carboxylic acids is 2. The molecule has 1 aromatic carbocycles. The molecule has 26 heavy (non-hydrogen) atoms. The van der Waals surface area contributed by atoms with Crippen molar-refractivity contribution in [3.8, 4) is 0 Å². The number of nitrogens with one attached hydrogen (secondary N) is 1. The van der Waals surface area contributed by atoms with Crippen LogP contribution in [0.1, 0.15) is 49.5 Å². The lowest BCUT2D eigenvalue weighted by atomic mass is 10.0. The second-order valence-corrected chi connectivity index (χ2v) is 8.39. The van der Waals surface area contributed by atoms with Crippen molar-refractivity contribution < 1.29 is 19.5 Å². The van der Waals surface area contributed by atoms with Crippen molar-refractivity contribution in [3.63, 3.8) is 0 Å². The lowest BCUT2D eigenvalue weighted by Crippen LogP contribution is -2.55. The van der Waals surface area contributed by atoms with E-state index in [1.165, 1.54) is 4.90 Å². The molecule has 7 heteroatoms. The normalized spacial score (nSPS) is 14.7. The molecule has 1 aliphatic carbocycles. The second-order valence-electron chi connectivity index (χ2n) is 7.41. The highest BCUT2D eigenvalue weighted by Crippen LogP contribution is 2.26. The Labute approximate surface area is 158 Å². The zero-order valence-electron chi connectivity index (χ0n) is 15.7. The number of fused-ring (bicyclic) bond motifs is 1. The Morgan fingerprint density at radius 2 is 2.00 bits per heavy atom. The minimum Gasteiger partial charge on any atom is -0.465 e. The number of anilines is 1. The van der Waals surface area contributed by atoms with Crippen LogP contribution in [0.3, 0.4) is 0 Å². The summed E-state index contributed by atoms with van der Waals surface area (Å²) in [5.41, 5.74) is 1.54. The monoisotopic (exact) mass is 378 g/mol. The SMILES string of the molecule is CSCC[C@@H](C(=O)Nc1ccc2c(c1)CCC2=O)N(C(=O)O)C(C)(C)C. The van der Waals surface area contributed by atoms with Crippen LogP contribution in [0.5, 0.6) is 0 Å². The van der Waals surface area contributed by atoms with E-state index in [1.54, 1.807) is 44.7 Å². The van der Waals surface area contributed by atoms with E-state index in [-0.39, 0.29) is 11.7 Å². The molecule has 0 aromatic heterocycles. The highest BCUT2D eigenvalue weighted by atomic mass is 32.2. The molecule has 0 saturated carbocycles. The second kappa shape index (κ2) is 8.12. The summed E-state index contributed by atoms with van der Waals surface area (Å²) in [4.78, 5) is 37.6. The number of hydrogen-bond donors (Lipinski definition) is 2. The summed E-state index contributed by atoms with van der Waals surface area (Å²) in [6.07, 6.45) is 2.42. The van der Waals surface area contributed by atoms with Crippen molar-refractivity contribution in [1.29, 1.82) is 0 Å². The number of Topliss-reactive ketones (excluding diaryl/α,β-unsaturated/α-hetero) is 1. The predicted octanol–water partition coefficient (Wildman–Crippen LogP) is 3.65. The Morgan fingerprint density at radius 1 is 1.31 bits per heavy atom. The number of nitrogens with zero attached hydrogens (tertiary/aromatic N) is 1. The van der Waals surface area contributed by atoms with Gasteiger partial charge in [-0.2, -0.15) is 11.8 Å². The first-order valence-electron chi connectivity index (χ1n) is 8.63. The minimum atomic E-state index is -1.11. The average Bonchev–Trinajstić information content (AvgIpc) is 2.90. The maximum Gasteiger partial charge on any atom is 0.408 e. The van der Waals surface area contributed by atoms with E-state index >= 15 is 0 Å². The van der Waals surface area contributed by atoms with E-state index in [4.69, 9.17) is 0 Å². The number of carboxylic acid groups (broad SMARTS) is 1. The van der Waals surface area contributed by atoms with E-state index in [0.29, 0.717) is 36.3 Å². The molecular weight excluding hydrogens is 352 g/mol. The number of thioether (sulfide) groups is 1. The van der Waals surface area contributed by atoms with Crippen LogP contribution >= 0.6 is 11.8 Å². The third kappa shape index (κ3) is 4.58. The molecule has 0 unspecified atom stereocenters. The molecule has 0 radical (unpaired) electrons. The number of amides is 2. The molecule has 142 valence electrons. The van der Waals surface area contributed by atoms with Crippen molar-refractivity contribution in [2.75, 3.05) is 17.3 Å². The van der Waals surface area contributed by atoms with Gasteiger partial charge in [0.25, 0.3) is 0 Å². The van der Waals surface area contributed by atoms with Crippen molar-refractivity contribution in [2.24, 2.45) is 0 Å². The molecule has 0 spiro atoms. The van der Waals surface area contributed by atoms with Crippen molar-refractivity contribution in [1.82, 2.24) is 4.90 Å². The van der Waals surface area contributed by atoms with Gasteiger partial charge in [-0.3, -0.25) is 14.5 Å². The molecule has 1 aromatic rings. The van der Waals surface area contributed by atoms with Gasteiger partial charge in [-0.05, 0) is 69.4 Å². The Kier molecular flexibility index (Phi) is 6.34. The van der Waals surface area contributed by atoms with E-state index in [0.717, 1.165) is 5.56 Å². The number of ketones is 1. The summed E-state index contributed by atoms with van der Waals surface area (Å²) in [6, 6.07) is 4.46. The zero-order valence-corrected chi connectivity index (χ0v) is 16.5. The molecule has 0 saturated heterocycles. The Bertz CT molecular complexity index is 712. The molecule has 1 atom stereocenters. The highest BCUT2D eigenvalue weighted by molar-refractivity contribution is 7.98. The molecule has 6 nitrogen and oxygen atoms in total. The van der Waals surface area contributed by atoms with Crippen molar-refractivity contribution in [3.05, 3.63) is 29.3 Å². The van der Waals surface area contributed by atoms with E-state index in [9.17, 15) is 19.5 Å². The molecule has 0 aliphatic heterocycles. The Hall–Kier alpha value is -2.02. The molecule has 0 heterocycles. The summed E-state index contributed by atoms with van der Waals surface area (Å²) in [5, 5.41) is 12.5. The average molecular weight is 378 g/mol. The fourth-order valence-electron chi connectivity index (χ4n) is 3.25. The number of benzene rings is 1. The van der Waals surface area contributed by atoms with Crippen LogP contribution in [0.15, 0.2) is 18.2 Å². The van der Waals surface area contributed by atoms with Gasteiger partial charge in [0.15, 0.2) is 5.78 Å². The van der Waals surface area contributed by atoms with Gasteiger partial charge in [0, 0.05) is 23.2 Å². The van der Waals surface area contributed by atoms with Gasteiger partial charge >= 0.3 is 6.09 Å². The Balaban J connectivity index is 2.24. The molecule has 1 aliphatic rings. The van der Waals surface area contributed by atoms with Gasteiger partial charge in [0.05, 0.1) is 0 Å². The van der Waals surface area contributed by atoms with Crippen LogP contribution in [-0.2, 0) is 11.2 Å². The molecular formula is C19H26N2O4S. The van der Waals surface area contributed by atoms with Crippen molar-refractivity contribution >= 4 is 35.2 Å². The van der Waals surface area contributed by atoms with Crippen LogP contribution < -0.4 is 5.32 Å². The quantitative estimate of drug-likeness (QED) is 0.789. The fraction of sp³-hybridized carbons (Fsp3) is 0.526.